The van der Waals surface area contributed by atoms with Crippen molar-refractivity contribution in [1.82, 2.24) is 14.3 Å². The number of hydrogen-bond acceptors (Lipinski definition) is 5. The molecule has 0 aromatic heterocycles. The van der Waals surface area contributed by atoms with Crippen LogP contribution in [0.3, 0.4) is 0 Å². The normalized spacial score (nSPS) is 22.0. The Bertz CT molecular complexity index is 806. The number of hydrogen-bond donors (Lipinski definition) is 2. The lowest BCUT2D eigenvalue weighted by atomic mass is 10.00. The molecule has 10 heteroatoms. The average Bonchev–Trinajstić information content (AvgIpc) is 3.39. The lowest BCUT2D eigenvalue weighted by Gasteiger charge is -2.31. The van der Waals surface area contributed by atoms with Gasteiger partial charge >= 0.3 is 0 Å². The number of halogens is 1. The van der Waals surface area contributed by atoms with E-state index in [4.69, 9.17) is 0 Å². The summed E-state index contributed by atoms with van der Waals surface area (Å²) in [5, 5.41) is 3.10. The van der Waals surface area contributed by atoms with Crippen LogP contribution in [0.5, 0.6) is 0 Å². The number of piperidine rings is 1. The van der Waals surface area contributed by atoms with Crippen molar-refractivity contribution in [2.75, 3.05) is 26.7 Å². The van der Waals surface area contributed by atoms with Gasteiger partial charge in [0.15, 0.2) is 0 Å². The first kappa shape index (κ1) is 21.6. The van der Waals surface area contributed by atoms with Gasteiger partial charge in [0.2, 0.25) is 20.0 Å². The molecule has 148 valence electrons. The molecular formula is C16H26ClN3O4S2. The van der Waals surface area contributed by atoms with Crippen LogP contribution in [0.1, 0.15) is 25.7 Å². The zero-order chi connectivity index (χ0) is 18.1. The van der Waals surface area contributed by atoms with Crippen LogP contribution in [0.4, 0.5) is 0 Å². The number of nitrogens with zero attached hydrogens (tertiary/aromatic N) is 1. The van der Waals surface area contributed by atoms with Crippen LogP contribution in [0.2, 0.25) is 0 Å². The lowest BCUT2D eigenvalue weighted by molar-refractivity contribution is 0.263. The largest absolute Gasteiger partial charge is 0.319 e. The van der Waals surface area contributed by atoms with Crippen LogP contribution in [0, 0.1) is 5.92 Å². The van der Waals surface area contributed by atoms with Gasteiger partial charge in [-0.25, -0.2) is 21.6 Å². The topological polar surface area (TPSA) is 95.6 Å². The molecule has 1 heterocycles. The Kier molecular flexibility index (Phi) is 7.09. The predicted octanol–water partition coefficient (Wildman–Crippen LogP) is 1.17. The van der Waals surface area contributed by atoms with E-state index < -0.39 is 20.0 Å². The summed E-state index contributed by atoms with van der Waals surface area (Å²) in [4.78, 5) is 0.244. The molecule has 0 spiro atoms. The van der Waals surface area contributed by atoms with E-state index >= 15 is 0 Å². The number of nitrogens with one attached hydrogen (secondary N) is 2. The van der Waals surface area contributed by atoms with Crippen molar-refractivity contribution in [2.24, 2.45) is 5.92 Å². The van der Waals surface area contributed by atoms with E-state index in [9.17, 15) is 16.8 Å². The fourth-order valence-electron chi connectivity index (χ4n) is 3.13. The molecule has 1 aromatic rings. The third-order valence-electron chi connectivity index (χ3n) is 4.65. The number of sulfonamides is 2. The maximum atomic E-state index is 12.8. The molecular weight excluding hydrogens is 398 g/mol. The first-order chi connectivity index (χ1) is 11.8. The van der Waals surface area contributed by atoms with Crippen LogP contribution >= 0.6 is 12.4 Å². The summed E-state index contributed by atoms with van der Waals surface area (Å²) >= 11 is 0. The van der Waals surface area contributed by atoms with Gasteiger partial charge in [-0.3, -0.25) is 0 Å². The average molecular weight is 424 g/mol. The van der Waals surface area contributed by atoms with Gasteiger partial charge in [-0.1, -0.05) is 0 Å². The molecule has 0 amide bonds. The Hall–Kier alpha value is -0.710. The SMILES string of the molecule is CNCC1CCCN(S(=O)(=O)c2ccc(S(=O)(=O)NC3CC3)cc2)C1.Cl. The van der Waals surface area contributed by atoms with Gasteiger partial charge in [-0.05, 0) is 69.5 Å². The van der Waals surface area contributed by atoms with Gasteiger partial charge in [-0.15, -0.1) is 12.4 Å². The van der Waals surface area contributed by atoms with Gasteiger partial charge in [0.1, 0.15) is 0 Å². The highest BCUT2D eigenvalue weighted by atomic mass is 35.5. The van der Waals surface area contributed by atoms with Gasteiger partial charge in [0.05, 0.1) is 9.79 Å². The predicted molar refractivity (Wildman–Crippen MR) is 102 cm³/mol. The molecule has 2 fully saturated rings. The number of benzene rings is 1. The third kappa shape index (κ3) is 4.96. The van der Waals surface area contributed by atoms with Crippen molar-refractivity contribution in [2.45, 2.75) is 41.5 Å². The second kappa shape index (κ2) is 8.53. The van der Waals surface area contributed by atoms with Crippen LogP contribution in [-0.2, 0) is 20.0 Å². The molecule has 1 aromatic carbocycles. The minimum atomic E-state index is -3.60. The second-order valence-corrected chi connectivity index (χ2v) is 10.4. The molecule has 1 atom stereocenters. The molecule has 2 aliphatic rings. The van der Waals surface area contributed by atoms with Crippen LogP contribution in [0.25, 0.3) is 0 Å². The summed E-state index contributed by atoms with van der Waals surface area (Å²) in [5.74, 6) is 0.302. The van der Waals surface area contributed by atoms with E-state index in [2.05, 4.69) is 10.0 Å². The summed E-state index contributed by atoms with van der Waals surface area (Å²) in [6, 6.07) is 5.53. The van der Waals surface area contributed by atoms with E-state index in [1.807, 2.05) is 7.05 Å². The fraction of sp³-hybridized carbons (Fsp3) is 0.625. The molecule has 1 unspecified atom stereocenters. The van der Waals surface area contributed by atoms with Crippen LogP contribution in [0.15, 0.2) is 34.1 Å². The van der Waals surface area contributed by atoms with Gasteiger partial charge in [0.25, 0.3) is 0 Å². The van der Waals surface area contributed by atoms with Gasteiger partial charge in [0, 0.05) is 19.1 Å². The number of rotatable bonds is 7. The highest BCUT2D eigenvalue weighted by molar-refractivity contribution is 7.89. The molecule has 3 rings (SSSR count). The molecule has 7 nitrogen and oxygen atoms in total. The summed E-state index contributed by atoms with van der Waals surface area (Å²) in [6.07, 6.45) is 3.56. The maximum Gasteiger partial charge on any atom is 0.243 e. The van der Waals surface area contributed by atoms with Crippen molar-refractivity contribution in [1.29, 1.82) is 0 Å². The Balaban J connectivity index is 0.00000243. The van der Waals surface area contributed by atoms with E-state index in [1.165, 1.54) is 28.6 Å². The smallest absolute Gasteiger partial charge is 0.243 e. The molecule has 1 aliphatic heterocycles. The molecule has 0 radical (unpaired) electrons. The Labute approximate surface area is 162 Å². The molecule has 1 aliphatic carbocycles. The summed E-state index contributed by atoms with van der Waals surface area (Å²) < 4.78 is 54.1. The fourth-order valence-corrected chi connectivity index (χ4v) is 5.99. The van der Waals surface area contributed by atoms with Crippen molar-refractivity contribution in [3.63, 3.8) is 0 Å². The quantitative estimate of drug-likeness (QED) is 0.686. The van der Waals surface area contributed by atoms with Crippen molar-refractivity contribution in [3.05, 3.63) is 24.3 Å². The first-order valence-electron chi connectivity index (χ1n) is 8.60. The Morgan fingerprint density at radius 3 is 2.23 bits per heavy atom. The first-order valence-corrected chi connectivity index (χ1v) is 11.5. The minimum Gasteiger partial charge on any atom is -0.319 e. The van der Waals surface area contributed by atoms with Crippen LogP contribution in [-0.4, -0.2) is 53.9 Å². The van der Waals surface area contributed by atoms with Crippen LogP contribution < -0.4 is 10.0 Å². The zero-order valence-corrected chi connectivity index (χ0v) is 17.2. The summed E-state index contributed by atoms with van der Waals surface area (Å²) in [7, 11) is -5.30. The third-order valence-corrected chi connectivity index (χ3v) is 8.06. The molecule has 26 heavy (non-hydrogen) atoms. The van der Waals surface area contributed by atoms with E-state index in [0.717, 1.165) is 32.2 Å². The van der Waals surface area contributed by atoms with E-state index in [0.29, 0.717) is 19.0 Å². The van der Waals surface area contributed by atoms with Crippen molar-refractivity contribution < 1.29 is 16.8 Å². The molecule has 1 saturated carbocycles. The Morgan fingerprint density at radius 2 is 1.65 bits per heavy atom. The monoisotopic (exact) mass is 423 g/mol. The molecule has 0 bridgehead atoms. The van der Waals surface area contributed by atoms with Gasteiger partial charge < -0.3 is 5.32 Å². The van der Waals surface area contributed by atoms with E-state index in [1.54, 1.807) is 0 Å². The lowest BCUT2D eigenvalue weighted by Crippen LogP contribution is -2.42. The zero-order valence-electron chi connectivity index (χ0n) is 14.7. The highest BCUT2D eigenvalue weighted by Crippen LogP contribution is 2.25. The summed E-state index contributed by atoms with van der Waals surface area (Å²) in [6.45, 7) is 1.79. The van der Waals surface area contributed by atoms with E-state index in [-0.39, 0.29) is 28.2 Å². The second-order valence-electron chi connectivity index (χ2n) is 6.80. The maximum absolute atomic E-state index is 12.8. The minimum absolute atomic E-state index is 0. The molecule has 2 N–H and O–H groups in total. The standard InChI is InChI=1S/C16H25N3O4S2.ClH/c1-17-11-13-3-2-10-19(12-13)25(22,23)16-8-6-15(7-9-16)24(20,21)18-14-4-5-14;/h6-9,13-14,17-18H,2-5,10-12H2,1H3;1H. The Morgan fingerprint density at radius 1 is 1.04 bits per heavy atom. The van der Waals surface area contributed by atoms with Crippen molar-refractivity contribution in [3.8, 4) is 0 Å². The summed E-state index contributed by atoms with van der Waals surface area (Å²) in [5.41, 5.74) is 0. The van der Waals surface area contributed by atoms with Gasteiger partial charge in [-0.2, -0.15) is 4.31 Å². The molecule has 1 saturated heterocycles. The highest BCUT2D eigenvalue weighted by Gasteiger charge is 2.31. The van der Waals surface area contributed by atoms with Crippen molar-refractivity contribution >= 4 is 32.5 Å².